The predicted molar refractivity (Wildman–Crippen MR) is 80.0 cm³/mol. The van der Waals surface area contributed by atoms with E-state index in [0.717, 1.165) is 23.6 Å². The lowest BCUT2D eigenvalue weighted by Crippen LogP contribution is -2.34. The number of aromatic nitrogens is 1. The molecule has 2 heteroatoms. The standard InChI is InChI=1S/C16H26N2/c1-7-9-15(8-2)18(12(3)4)16-13(5)10-11-14(6)17-16/h10-11,15H,3,7-9H2,1-2,4-6H3. The Labute approximate surface area is 112 Å². The second-order valence-electron chi connectivity index (χ2n) is 5.05. The van der Waals surface area contributed by atoms with Crippen molar-refractivity contribution >= 4 is 5.82 Å². The van der Waals surface area contributed by atoms with Gasteiger partial charge < -0.3 is 4.90 Å². The largest absolute Gasteiger partial charge is 0.328 e. The Balaban J connectivity index is 3.18. The number of allylic oxidation sites excluding steroid dienone is 1. The zero-order valence-corrected chi connectivity index (χ0v) is 12.5. The van der Waals surface area contributed by atoms with Crippen molar-refractivity contribution in [3.05, 3.63) is 35.7 Å². The molecule has 1 unspecified atom stereocenters. The van der Waals surface area contributed by atoms with Crippen LogP contribution in [0.1, 0.15) is 51.3 Å². The van der Waals surface area contributed by atoms with Crippen LogP contribution in [0, 0.1) is 13.8 Å². The predicted octanol–water partition coefficient (Wildman–Crippen LogP) is 4.62. The normalized spacial score (nSPS) is 12.3. The Morgan fingerprint density at radius 2 is 2.00 bits per heavy atom. The summed E-state index contributed by atoms with van der Waals surface area (Å²) in [4.78, 5) is 7.02. The Bertz CT molecular complexity index is 410. The van der Waals surface area contributed by atoms with E-state index in [0.29, 0.717) is 6.04 Å². The molecule has 0 radical (unpaired) electrons. The van der Waals surface area contributed by atoms with Crippen LogP contribution in [0.3, 0.4) is 0 Å². The molecule has 0 saturated carbocycles. The molecule has 0 aliphatic carbocycles. The molecule has 1 heterocycles. The topological polar surface area (TPSA) is 16.1 Å². The van der Waals surface area contributed by atoms with Gasteiger partial charge in [0, 0.05) is 17.4 Å². The summed E-state index contributed by atoms with van der Waals surface area (Å²) < 4.78 is 0. The summed E-state index contributed by atoms with van der Waals surface area (Å²) >= 11 is 0. The van der Waals surface area contributed by atoms with Crippen molar-refractivity contribution in [3.8, 4) is 0 Å². The average molecular weight is 246 g/mol. The molecule has 1 atom stereocenters. The molecule has 1 rings (SSSR count). The average Bonchev–Trinajstić information content (AvgIpc) is 2.32. The minimum Gasteiger partial charge on any atom is -0.328 e. The number of rotatable bonds is 6. The maximum atomic E-state index is 4.71. The van der Waals surface area contributed by atoms with Crippen molar-refractivity contribution in [2.45, 2.75) is 59.9 Å². The number of nitrogens with zero attached hydrogens (tertiary/aromatic N) is 2. The molecule has 0 spiro atoms. The molecule has 0 N–H and O–H groups in total. The van der Waals surface area contributed by atoms with E-state index in [1.165, 1.54) is 18.4 Å². The summed E-state index contributed by atoms with van der Waals surface area (Å²) in [6.07, 6.45) is 3.49. The monoisotopic (exact) mass is 246 g/mol. The zero-order valence-electron chi connectivity index (χ0n) is 12.5. The van der Waals surface area contributed by atoms with Crippen LogP contribution in [0.15, 0.2) is 24.4 Å². The minimum atomic E-state index is 0.500. The van der Waals surface area contributed by atoms with Gasteiger partial charge in [-0.15, -0.1) is 0 Å². The molecular formula is C16H26N2. The highest BCUT2D eigenvalue weighted by Crippen LogP contribution is 2.26. The highest BCUT2D eigenvalue weighted by atomic mass is 15.2. The quantitative estimate of drug-likeness (QED) is 0.728. The van der Waals surface area contributed by atoms with Crippen molar-refractivity contribution in [1.29, 1.82) is 0 Å². The Morgan fingerprint density at radius 1 is 1.33 bits per heavy atom. The van der Waals surface area contributed by atoms with Gasteiger partial charge in [-0.3, -0.25) is 0 Å². The zero-order chi connectivity index (χ0) is 13.7. The van der Waals surface area contributed by atoms with E-state index in [-0.39, 0.29) is 0 Å². The Kier molecular flexibility index (Phi) is 5.39. The first kappa shape index (κ1) is 14.7. The molecule has 0 bridgehead atoms. The lowest BCUT2D eigenvalue weighted by molar-refractivity contribution is 0.554. The van der Waals surface area contributed by atoms with Gasteiger partial charge in [0.15, 0.2) is 0 Å². The summed E-state index contributed by atoms with van der Waals surface area (Å²) in [7, 11) is 0. The third-order valence-corrected chi connectivity index (χ3v) is 3.31. The van der Waals surface area contributed by atoms with Crippen LogP contribution in [0.25, 0.3) is 0 Å². The van der Waals surface area contributed by atoms with Gasteiger partial charge in [0.2, 0.25) is 0 Å². The Hall–Kier alpha value is -1.31. The van der Waals surface area contributed by atoms with E-state index in [1.54, 1.807) is 0 Å². The highest BCUT2D eigenvalue weighted by molar-refractivity contribution is 5.52. The first-order valence-electron chi connectivity index (χ1n) is 6.90. The maximum Gasteiger partial charge on any atom is 0.136 e. The van der Waals surface area contributed by atoms with E-state index >= 15 is 0 Å². The maximum absolute atomic E-state index is 4.71. The number of anilines is 1. The van der Waals surface area contributed by atoms with E-state index in [2.05, 4.69) is 51.3 Å². The van der Waals surface area contributed by atoms with Crippen LogP contribution < -0.4 is 4.90 Å². The van der Waals surface area contributed by atoms with Gasteiger partial charge in [-0.05, 0) is 45.2 Å². The molecule has 1 aromatic rings. The second-order valence-corrected chi connectivity index (χ2v) is 5.05. The van der Waals surface area contributed by atoms with Crippen LogP contribution in [-0.4, -0.2) is 11.0 Å². The van der Waals surface area contributed by atoms with Gasteiger partial charge in [-0.1, -0.05) is 32.9 Å². The summed E-state index contributed by atoms with van der Waals surface area (Å²) in [6, 6.07) is 4.71. The van der Waals surface area contributed by atoms with Gasteiger partial charge in [-0.25, -0.2) is 4.98 Å². The molecule has 1 aromatic heterocycles. The van der Waals surface area contributed by atoms with Crippen molar-refractivity contribution in [2.75, 3.05) is 4.90 Å². The van der Waals surface area contributed by atoms with Gasteiger partial charge >= 0.3 is 0 Å². The van der Waals surface area contributed by atoms with Crippen molar-refractivity contribution in [1.82, 2.24) is 4.98 Å². The van der Waals surface area contributed by atoms with Crippen LogP contribution in [-0.2, 0) is 0 Å². The van der Waals surface area contributed by atoms with Crippen molar-refractivity contribution < 1.29 is 0 Å². The molecule has 18 heavy (non-hydrogen) atoms. The summed E-state index contributed by atoms with van der Waals surface area (Å²) in [6.45, 7) is 14.8. The first-order valence-corrected chi connectivity index (χ1v) is 6.90. The van der Waals surface area contributed by atoms with Crippen LogP contribution in [0.4, 0.5) is 5.82 Å². The fourth-order valence-electron chi connectivity index (χ4n) is 2.37. The first-order chi connectivity index (χ1) is 8.51. The summed E-state index contributed by atoms with van der Waals surface area (Å²) in [5.41, 5.74) is 3.36. The van der Waals surface area contributed by atoms with Crippen LogP contribution >= 0.6 is 0 Å². The van der Waals surface area contributed by atoms with Crippen molar-refractivity contribution in [3.63, 3.8) is 0 Å². The molecule has 0 aliphatic rings. The fraction of sp³-hybridized carbons (Fsp3) is 0.562. The van der Waals surface area contributed by atoms with Gasteiger partial charge in [0.05, 0.1) is 0 Å². The van der Waals surface area contributed by atoms with E-state index in [1.807, 2.05) is 6.92 Å². The molecule has 0 saturated heterocycles. The number of aryl methyl sites for hydroxylation is 2. The number of hydrogen-bond acceptors (Lipinski definition) is 2. The van der Waals surface area contributed by atoms with Crippen LogP contribution in [0.5, 0.6) is 0 Å². The number of hydrogen-bond donors (Lipinski definition) is 0. The molecule has 2 nitrogen and oxygen atoms in total. The molecule has 0 aromatic carbocycles. The SMILES string of the molecule is C=C(C)N(c1nc(C)ccc1C)C(CC)CCC. The van der Waals surface area contributed by atoms with E-state index in [4.69, 9.17) is 4.98 Å². The third kappa shape index (κ3) is 3.34. The van der Waals surface area contributed by atoms with E-state index in [9.17, 15) is 0 Å². The van der Waals surface area contributed by atoms with Gasteiger partial charge in [0.1, 0.15) is 5.82 Å². The van der Waals surface area contributed by atoms with Gasteiger partial charge in [-0.2, -0.15) is 0 Å². The lowest BCUT2D eigenvalue weighted by Gasteiger charge is -2.33. The molecule has 0 amide bonds. The Morgan fingerprint density at radius 3 is 2.50 bits per heavy atom. The molecule has 0 aliphatic heterocycles. The molecular weight excluding hydrogens is 220 g/mol. The highest BCUT2D eigenvalue weighted by Gasteiger charge is 2.20. The second kappa shape index (κ2) is 6.58. The summed E-state index contributed by atoms with van der Waals surface area (Å²) in [5.74, 6) is 1.07. The third-order valence-electron chi connectivity index (χ3n) is 3.31. The van der Waals surface area contributed by atoms with Crippen molar-refractivity contribution in [2.24, 2.45) is 0 Å². The molecule has 0 fully saturated rings. The number of pyridine rings is 1. The smallest absolute Gasteiger partial charge is 0.136 e. The van der Waals surface area contributed by atoms with Crippen LogP contribution in [0.2, 0.25) is 0 Å². The molecule has 100 valence electrons. The van der Waals surface area contributed by atoms with E-state index < -0.39 is 0 Å². The minimum absolute atomic E-state index is 0.500. The lowest BCUT2D eigenvalue weighted by atomic mass is 10.1. The summed E-state index contributed by atoms with van der Waals surface area (Å²) in [5, 5.41) is 0. The fourth-order valence-corrected chi connectivity index (χ4v) is 2.37. The van der Waals surface area contributed by atoms with Gasteiger partial charge in [0.25, 0.3) is 0 Å².